The molecule has 0 saturated carbocycles. The highest BCUT2D eigenvalue weighted by Gasteiger charge is 2.18. The summed E-state index contributed by atoms with van der Waals surface area (Å²) in [5.41, 5.74) is 0. The van der Waals surface area contributed by atoms with Crippen molar-refractivity contribution in [3.8, 4) is 0 Å². The van der Waals surface area contributed by atoms with Crippen molar-refractivity contribution in [3.63, 3.8) is 0 Å². The quantitative estimate of drug-likeness (QED) is 0.527. The first-order valence-corrected chi connectivity index (χ1v) is 3.08. The molecule has 1 fully saturated rings. The highest BCUT2D eigenvalue weighted by atomic mass is 16.3. The molecule has 51 valence electrons. The second kappa shape index (κ2) is 2.94. The Kier molecular flexibility index (Phi) is 2.19. The van der Waals surface area contributed by atoms with Crippen LogP contribution < -0.4 is 0 Å². The molecule has 0 amide bonds. The van der Waals surface area contributed by atoms with E-state index in [4.69, 9.17) is 5.11 Å². The van der Waals surface area contributed by atoms with E-state index in [0.717, 1.165) is 13.0 Å². The minimum atomic E-state index is -0.224. The Morgan fingerprint density at radius 3 is 3.00 bits per heavy atom. The molecule has 1 radical (unpaired) electrons. The molecule has 3 heteroatoms. The van der Waals surface area contributed by atoms with E-state index in [1.54, 1.807) is 6.29 Å². The molecule has 1 atom stereocenters. The number of rotatable bonds is 2. The van der Waals surface area contributed by atoms with E-state index in [-0.39, 0.29) is 6.10 Å². The van der Waals surface area contributed by atoms with E-state index in [2.05, 4.69) is 0 Å². The molecule has 1 aliphatic heterocycles. The van der Waals surface area contributed by atoms with Gasteiger partial charge in [0, 0.05) is 13.1 Å². The molecule has 1 unspecified atom stereocenters. The summed E-state index contributed by atoms with van der Waals surface area (Å²) >= 11 is 0. The van der Waals surface area contributed by atoms with Gasteiger partial charge in [0.05, 0.1) is 12.6 Å². The van der Waals surface area contributed by atoms with E-state index in [0.29, 0.717) is 13.1 Å². The second-order valence-electron chi connectivity index (χ2n) is 2.32. The minimum Gasteiger partial charge on any atom is -0.392 e. The number of nitrogens with zero attached hydrogens (tertiary/aromatic N) is 1. The summed E-state index contributed by atoms with van der Waals surface area (Å²) in [6, 6.07) is 0. The number of β-amino-alcohol motifs (C(OH)–C–C–N with tert-alkyl or cyclic N) is 1. The van der Waals surface area contributed by atoms with Crippen LogP contribution in [0.15, 0.2) is 0 Å². The van der Waals surface area contributed by atoms with Gasteiger partial charge in [-0.25, -0.2) is 0 Å². The highest BCUT2D eigenvalue weighted by Crippen LogP contribution is 2.06. The molecule has 1 saturated heterocycles. The zero-order valence-corrected chi connectivity index (χ0v) is 5.21. The lowest BCUT2D eigenvalue weighted by Crippen LogP contribution is -2.23. The Morgan fingerprint density at radius 2 is 2.56 bits per heavy atom. The van der Waals surface area contributed by atoms with Gasteiger partial charge in [0.25, 0.3) is 0 Å². The fourth-order valence-electron chi connectivity index (χ4n) is 1.05. The van der Waals surface area contributed by atoms with Gasteiger partial charge in [-0.3, -0.25) is 9.69 Å². The maximum Gasteiger partial charge on any atom is 0.213 e. The molecule has 1 N–H and O–H groups in total. The van der Waals surface area contributed by atoms with Gasteiger partial charge >= 0.3 is 0 Å². The van der Waals surface area contributed by atoms with Crippen LogP contribution in [0.3, 0.4) is 0 Å². The normalized spacial score (nSPS) is 28.8. The van der Waals surface area contributed by atoms with Crippen LogP contribution in [0.4, 0.5) is 0 Å². The predicted octanol–water partition coefficient (Wildman–Crippen LogP) is -0.837. The number of hydrogen-bond donors (Lipinski definition) is 1. The first-order chi connectivity index (χ1) is 4.33. The fourth-order valence-corrected chi connectivity index (χ4v) is 1.05. The van der Waals surface area contributed by atoms with Gasteiger partial charge in [-0.15, -0.1) is 0 Å². The van der Waals surface area contributed by atoms with E-state index >= 15 is 0 Å². The third-order valence-corrected chi connectivity index (χ3v) is 1.54. The fraction of sp³-hybridized carbons (Fsp3) is 0.833. The van der Waals surface area contributed by atoms with Crippen molar-refractivity contribution in [1.29, 1.82) is 0 Å². The Bertz CT molecular complexity index is 105. The molecule has 1 aliphatic rings. The maximum absolute atomic E-state index is 9.82. The molecule has 9 heavy (non-hydrogen) atoms. The Hall–Kier alpha value is -0.410. The van der Waals surface area contributed by atoms with Gasteiger partial charge in [0.2, 0.25) is 6.29 Å². The summed E-state index contributed by atoms with van der Waals surface area (Å²) in [7, 11) is 0. The van der Waals surface area contributed by atoms with Gasteiger partial charge in [-0.2, -0.15) is 0 Å². The molecule has 0 bridgehead atoms. The van der Waals surface area contributed by atoms with E-state index < -0.39 is 0 Å². The molecule has 3 nitrogen and oxygen atoms in total. The van der Waals surface area contributed by atoms with Crippen molar-refractivity contribution in [1.82, 2.24) is 4.90 Å². The molecule has 0 spiro atoms. The number of carbonyl (C=O) groups excluding carboxylic acids is 1. The van der Waals surface area contributed by atoms with Crippen molar-refractivity contribution in [3.05, 3.63) is 0 Å². The summed E-state index contributed by atoms with van der Waals surface area (Å²) in [5.74, 6) is 0. The summed E-state index contributed by atoms with van der Waals surface area (Å²) in [6.07, 6.45) is 2.36. The first kappa shape index (κ1) is 6.71. The summed E-state index contributed by atoms with van der Waals surface area (Å²) < 4.78 is 0. The van der Waals surface area contributed by atoms with E-state index in [1.807, 2.05) is 4.90 Å². The lowest BCUT2D eigenvalue weighted by molar-refractivity contribution is 0.180. The van der Waals surface area contributed by atoms with Gasteiger partial charge in [-0.05, 0) is 6.42 Å². The topological polar surface area (TPSA) is 40.5 Å². The highest BCUT2D eigenvalue weighted by molar-refractivity contribution is 5.53. The Labute approximate surface area is 54.3 Å². The molecular weight excluding hydrogens is 118 g/mol. The van der Waals surface area contributed by atoms with E-state index in [1.165, 1.54) is 0 Å². The number of aliphatic hydroxyl groups excluding tert-OH is 1. The third-order valence-electron chi connectivity index (χ3n) is 1.54. The van der Waals surface area contributed by atoms with Crippen LogP contribution in [0.2, 0.25) is 0 Å². The molecule has 0 aromatic heterocycles. The smallest absolute Gasteiger partial charge is 0.213 e. The van der Waals surface area contributed by atoms with Gasteiger partial charge in [0.1, 0.15) is 0 Å². The number of aliphatic hydroxyl groups is 1. The lowest BCUT2D eigenvalue weighted by Gasteiger charge is -2.07. The zero-order valence-electron chi connectivity index (χ0n) is 5.21. The summed E-state index contributed by atoms with van der Waals surface area (Å²) in [5, 5.41) is 8.95. The molecule has 0 aromatic carbocycles. The SMILES string of the molecule is O=[C]CN1CCC(O)C1. The Morgan fingerprint density at radius 1 is 1.78 bits per heavy atom. The Balaban J connectivity index is 2.21. The van der Waals surface area contributed by atoms with Crippen LogP contribution in [0, 0.1) is 0 Å². The number of likely N-dealkylation sites (tertiary alicyclic amines) is 1. The first-order valence-electron chi connectivity index (χ1n) is 3.08. The lowest BCUT2D eigenvalue weighted by atomic mass is 10.3. The predicted molar refractivity (Wildman–Crippen MR) is 32.8 cm³/mol. The summed E-state index contributed by atoms with van der Waals surface area (Å²) in [6.45, 7) is 1.81. The molecule has 1 rings (SSSR count). The molecule has 0 aliphatic carbocycles. The van der Waals surface area contributed by atoms with Crippen LogP contribution in [-0.4, -0.2) is 42.0 Å². The van der Waals surface area contributed by atoms with Crippen molar-refractivity contribution in [2.24, 2.45) is 0 Å². The van der Waals surface area contributed by atoms with Crippen molar-refractivity contribution < 1.29 is 9.90 Å². The van der Waals surface area contributed by atoms with Crippen LogP contribution in [0.25, 0.3) is 0 Å². The van der Waals surface area contributed by atoms with Crippen molar-refractivity contribution in [2.45, 2.75) is 12.5 Å². The third kappa shape index (κ3) is 1.77. The van der Waals surface area contributed by atoms with Crippen LogP contribution >= 0.6 is 0 Å². The van der Waals surface area contributed by atoms with Crippen molar-refractivity contribution >= 4 is 6.29 Å². The van der Waals surface area contributed by atoms with Crippen LogP contribution in [0.1, 0.15) is 6.42 Å². The molecular formula is C6H10NO2. The largest absolute Gasteiger partial charge is 0.392 e. The number of hydrogen-bond acceptors (Lipinski definition) is 3. The van der Waals surface area contributed by atoms with Gasteiger partial charge in [0.15, 0.2) is 0 Å². The van der Waals surface area contributed by atoms with Crippen molar-refractivity contribution in [2.75, 3.05) is 19.6 Å². The second-order valence-corrected chi connectivity index (χ2v) is 2.32. The van der Waals surface area contributed by atoms with Crippen LogP contribution in [0.5, 0.6) is 0 Å². The molecule has 1 heterocycles. The van der Waals surface area contributed by atoms with Gasteiger partial charge in [-0.1, -0.05) is 0 Å². The van der Waals surface area contributed by atoms with E-state index in [9.17, 15) is 4.79 Å². The standard InChI is InChI=1S/C6H10NO2/c8-4-3-7-2-1-6(9)5-7/h6,9H,1-3,5H2. The average Bonchev–Trinajstić information content (AvgIpc) is 2.17. The minimum absolute atomic E-state index is 0.224. The summed E-state index contributed by atoms with van der Waals surface area (Å²) in [4.78, 5) is 11.7. The zero-order chi connectivity index (χ0) is 6.69. The average molecular weight is 128 g/mol. The van der Waals surface area contributed by atoms with Gasteiger partial charge < -0.3 is 5.11 Å². The molecule has 0 aromatic rings. The monoisotopic (exact) mass is 128 g/mol. The van der Waals surface area contributed by atoms with Crippen LogP contribution in [-0.2, 0) is 4.79 Å². The maximum atomic E-state index is 9.82.